The van der Waals surface area contributed by atoms with Gasteiger partial charge in [0.15, 0.2) is 0 Å². The molecule has 0 N–H and O–H groups in total. The number of nitrogens with zero attached hydrogens (tertiary/aromatic N) is 1. The smallest absolute Gasteiger partial charge is 0.227 e. The molecule has 1 aliphatic rings. The number of piperidine rings is 1. The number of amides is 1. The van der Waals surface area contributed by atoms with Gasteiger partial charge in [-0.15, -0.1) is 0 Å². The number of rotatable bonds is 6. The number of ether oxygens (including phenoxy) is 1. The highest BCUT2D eigenvalue weighted by atomic mass is 16.5. The van der Waals surface area contributed by atoms with Gasteiger partial charge in [0.2, 0.25) is 5.91 Å². The normalized spacial score (nSPS) is 15.1. The quantitative estimate of drug-likeness (QED) is 0.619. The summed E-state index contributed by atoms with van der Waals surface area (Å²) in [6, 6.07) is 24.8. The molecule has 0 saturated carbocycles. The van der Waals surface area contributed by atoms with Crippen molar-refractivity contribution >= 4 is 16.7 Å². The molecule has 0 unspecified atom stereocenters. The zero-order valence-corrected chi connectivity index (χ0v) is 16.2. The van der Waals surface area contributed by atoms with E-state index in [2.05, 4.69) is 36.4 Å². The van der Waals surface area contributed by atoms with Crippen LogP contribution in [0.1, 0.15) is 24.0 Å². The highest BCUT2D eigenvalue weighted by Crippen LogP contribution is 2.22. The lowest BCUT2D eigenvalue weighted by molar-refractivity contribution is -0.132. The van der Waals surface area contributed by atoms with Gasteiger partial charge in [-0.05, 0) is 40.7 Å². The molecular weight excluding hydrogens is 346 g/mol. The van der Waals surface area contributed by atoms with Crippen molar-refractivity contribution in [3.05, 3.63) is 83.9 Å². The fourth-order valence-corrected chi connectivity index (χ4v) is 3.99. The minimum Gasteiger partial charge on any atom is -0.376 e. The van der Waals surface area contributed by atoms with Crippen LogP contribution in [-0.4, -0.2) is 30.5 Å². The number of hydrogen-bond donors (Lipinski definition) is 0. The van der Waals surface area contributed by atoms with Gasteiger partial charge in [-0.2, -0.15) is 0 Å². The fraction of sp³-hybridized carbons (Fsp3) is 0.320. The molecule has 144 valence electrons. The van der Waals surface area contributed by atoms with Gasteiger partial charge in [-0.1, -0.05) is 72.8 Å². The second-order valence-electron chi connectivity index (χ2n) is 7.64. The summed E-state index contributed by atoms with van der Waals surface area (Å²) in [6.07, 6.45) is 2.53. The Kier molecular flexibility index (Phi) is 6.03. The van der Waals surface area contributed by atoms with Crippen LogP contribution in [0.2, 0.25) is 0 Å². The molecule has 0 radical (unpaired) electrons. The number of carbonyl (C=O) groups excluding carboxylic acids is 1. The van der Waals surface area contributed by atoms with Gasteiger partial charge in [-0.3, -0.25) is 4.79 Å². The molecule has 0 aromatic heterocycles. The summed E-state index contributed by atoms with van der Waals surface area (Å²) in [5, 5.41) is 2.38. The van der Waals surface area contributed by atoms with Crippen molar-refractivity contribution in [2.45, 2.75) is 25.9 Å². The van der Waals surface area contributed by atoms with Crippen LogP contribution in [0.5, 0.6) is 0 Å². The van der Waals surface area contributed by atoms with Crippen LogP contribution in [0.4, 0.5) is 0 Å². The predicted octanol–water partition coefficient (Wildman–Crippen LogP) is 4.84. The zero-order valence-electron chi connectivity index (χ0n) is 16.2. The topological polar surface area (TPSA) is 29.5 Å². The van der Waals surface area contributed by atoms with E-state index in [0.717, 1.165) is 38.1 Å². The average Bonchev–Trinajstić information content (AvgIpc) is 2.75. The molecule has 3 nitrogen and oxygen atoms in total. The van der Waals surface area contributed by atoms with Crippen LogP contribution < -0.4 is 0 Å². The molecule has 1 amide bonds. The van der Waals surface area contributed by atoms with E-state index in [1.807, 2.05) is 41.3 Å². The first kappa shape index (κ1) is 18.7. The molecule has 3 aromatic carbocycles. The van der Waals surface area contributed by atoms with Gasteiger partial charge in [0.1, 0.15) is 0 Å². The molecule has 3 heteroatoms. The Bertz CT molecular complexity index is 909. The summed E-state index contributed by atoms with van der Waals surface area (Å²) >= 11 is 0. The Hall–Kier alpha value is -2.65. The largest absolute Gasteiger partial charge is 0.376 e. The molecule has 3 aromatic rings. The summed E-state index contributed by atoms with van der Waals surface area (Å²) in [4.78, 5) is 14.8. The molecule has 1 fully saturated rings. The van der Waals surface area contributed by atoms with Crippen LogP contribution in [-0.2, 0) is 22.6 Å². The predicted molar refractivity (Wildman–Crippen MR) is 113 cm³/mol. The minimum atomic E-state index is 0.236. The van der Waals surface area contributed by atoms with Gasteiger partial charge < -0.3 is 9.64 Å². The monoisotopic (exact) mass is 373 g/mol. The lowest BCUT2D eigenvalue weighted by Gasteiger charge is -2.32. The third-order valence-corrected chi connectivity index (χ3v) is 5.65. The molecule has 1 aliphatic heterocycles. The first-order chi connectivity index (χ1) is 13.8. The van der Waals surface area contributed by atoms with E-state index in [1.54, 1.807) is 0 Å². The maximum atomic E-state index is 12.8. The summed E-state index contributed by atoms with van der Waals surface area (Å²) in [7, 11) is 0. The van der Waals surface area contributed by atoms with Crippen molar-refractivity contribution in [3.63, 3.8) is 0 Å². The van der Waals surface area contributed by atoms with E-state index in [4.69, 9.17) is 4.74 Å². The third-order valence-electron chi connectivity index (χ3n) is 5.65. The van der Waals surface area contributed by atoms with E-state index in [0.29, 0.717) is 18.9 Å². The summed E-state index contributed by atoms with van der Waals surface area (Å²) in [5.41, 5.74) is 2.33. The molecule has 0 spiro atoms. The van der Waals surface area contributed by atoms with Gasteiger partial charge in [0.25, 0.3) is 0 Å². The summed E-state index contributed by atoms with van der Waals surface area (Å²) in [6.45, 7) is 3.12. The summed E-state index contributed by atoms with van der Waals surface area (Å²) < 4.78 is 5.90. The van der Waals surface area contributed by atoms with Crippen molar-refractivity contribution < 1.29 is 9.53 Å². The first-order valence-electron chi connectivity index (χ1n) is 10.2. The van der Waals surface area contributed by atoms with E-state index in [-0.39, 0.29) is 5.91 Å². The van der Waals surface area contributed by atoms with Crippen LogP contribution in [0.15, 0.2) is 72.8 Å². The summed E-state index contributed by atoms with van der Waals surface area (Å²) in [5.74, 6) is 0.783. The van der Waals surface area contributed by atoms with Gasteiger partial charge in [0.05, 0.1) is 13.0 Å². The molecular formula is C25H27NO2. The Balaban J connectivity index is 1.26. The van der Waals surface area contributed by atoms with Crippen LogP contribution >= 0.6 is 0 Å². The lowest BCUT2D eigenvalue weighted by Crippen LogP contribution is -2.40. The highest BCUT2D eigenvalue weighted by Gasteiger charge is 2.23. The average molecular weight is 373 g/mol. The van der Waals surface area contributed by atoms with Crippen molar-refractivity contribution in [2.75, 3.05) is 19.7 Å². The number of hydrogen-bond acceptors (Lipinski definition) is 2. The highest BCUT2D eigenvalue weighted by molar-refractivity contribution is 5.90. The van der Waals surface area contributed by atoms with Crippen molar-refractivity contribution in [2.24, 2.45) is 5.92 Å². The third kappa shape index (κ3) is 4.60. The minimum absolute atomic E-state index is 0.236. The Labute approximate surface area is 166 Å². The first-order valence-corrected chi connectivity index (χ1v) is 10.2. The molecule has 0 atom stereocenters. The molecule has 4 rings (SSSR count). The number of likely N-dealkylation sites (tertiary alicyclic amines) is 1. The molecule has 1 saturated heterocycles. The Morgan fingerprint density at radius 1 is 0.893 bits per heavy atom. The number of benzene rings is 3. The molecule has 28 heavy (non-hydrogen) atoms. The van der Waals surface area contributed by atoms with Crippen LogP contribution in [0.25, 0.3) is 10.8 Å². The number of carbonyl (C=O) groups is 1. The van der Waals surface area contributed by atoms with Crippen molar-refractivity contribution in [1.82, 2.24) is 4.90 Å². The van der Waals surface area contributed by atoms with E-state index >= 15 is 0 Å². The fourth-order valence-electron chi connectivity index (χ4n) is 3.99. The molecule has 0 bridgehead atoms. The van der Waals surface area contributed by atoms with Gasteiger partial charge in [-0.25, -0.2) is 0 Å². The van der Waals surface area contributed by atoms with Gasteiger partial charge >= 0.3 is 0 Å². The maximum Gasteiger partial charge on any atom is 0.227 e. The van der Waals surface area contributed by atoms with Crippen molar-refractivity contribution in [1.29, 1.82) is 0 Å². The van der Waals surface area contributed by atoms with E-state index < -0.39 is 0 Å². The van der Waals surface area contributed by atoms with Crippen LogP contribution in [0.3, 0.4) is 0 Å². The van der Waals surface area contributed by atoms with E-state index in [9.17, 15) is 4.79 Å². The molecule has 1 heterocycles. The van der Waals surface area contributed by atoms with E-state index in [1.165, 1.54) is 16.3 Å². The second kappa shape index (κ2) is 9.03. The Morgan fingerprint density at radius 3 is 2.43 bits per heavy atom. The lowest BCUT2D eigenvalue weighted by atomic mass is 9.96. The Morgan fingerprint density at radius 2 is 1.61 bits per heavy atom. The van der Waals surface area contributed by atoms with Crippen molar-refractivity contribution in [3.8, 4) is 0 Å². The maximum absolute atomic E-state index is 12.8. The second-order valence-corrected chi connectivity index (χ2v) is 7.64. The number of fused-ring (bicyclic) bond motifs is 1. The SMILES string of the molecule is O=C(Cc1cccc2ccccc12)N1CCC(COCc2ccccc2)CC1. The molecule has 0 aliphatic carbocycles. The zero-order chi connectivity index (χ0) is 19.2. The van der Waals surface area contributed by atoms with Crippen LogP contribution in [0, 0.1) is 5.92 Å². The standard InChI is InChI=1S/C25H27NO2/c27-25(17-23-11-6-10-22-9-4-5-12-24(22)23)26-15-13-21(14-16-26)19-28-18-20-7-2-1-3-8-20/h1-12,21H,13-19H2. The van der Waals surface area contributed by atoms with Gasteiger partial charge in [0, 0.05) is 19.7 Å².